The molecule has 0 aliphatic heterocycles. The molecule has 0 spiro atoms. The Morgan fingerprint density at radius 3 is 2.12 bits per heavy atom. The van der Waals surface area contributed by atoms with Crippen LogP contribution >= 0.6 is 15.8 Å². The quantitative estimate of drug-likeness (QED) is 0.551. The van der Waals surface area contributed by atoms with E-state index in [0.29, 0.717) is 0 Å². The Hall–Kier alpha value is -0.235. The van der Waals surface area contributed by atoms with E-state index in [2.05, 4.69) is 27.9 Å². The van der Waals surface area contributed by atoms with Crippen LogP contribution in [0.25, 0.3) is 0 Å². The highest BCUT2D eigenvalue weighted by atomic mass is 79.9. The van der Waals surface area contributed by atoms with E-state index < -0.39 is 0 Å². The maximum absolute atomic E-state index is 3.36. The van der Waals surface area contributed by atoms with E-state index in [4.69, 9.17) is 0 Å². The summed E-state index contributed by atoms with van der Waals surface area (Å²) < 4.78 is 0. The highest BCUT2D eigenvalue weighted by Gasteiger charge is 1.84. The van der Waals surface area contributed by atoms with Gasteiger partial charge in [0.1, 0.15) is 0 Å². The zero-order valence-corrected chi connectivity index (χ0v) is 6.06. The van der Waals surface area contributed by atoms with E-state index in [1.165, 1.54) is 5.46 Å². The number of rotatable bonds is 1. The molecular formula is C6H6BBr. The summed E-state index contributed by atoms with van der Waals surface area (Å²) in [7, 11) is 0. The first-order chi connectivity index (χ1) is 3.93. The summed E-state index contributed by atoms with van der Waals surface area (Å²) in [4.78, 5) is 0. The highest BCUT2D eigenvalue weighted by Crippen LogP contribution is 1.82. The first-order valence-corrected chi connectivity index (χ1v) is 3.65. The molecule has 1 rings (SSSR count). The fourth-order valence-corrected chi connectivity index (χ4v) is 0.941. The average molecular weight is 169 g/mol. The van der Waals surface area contributed by atoms with E-state index in [9.17, 15) is 0 Å². The lowest BCUT2D eigenvalue weighted by atomic mass is 9.96. The molecule has 0 aliphatic carbocycles. The summed E-state index contributed by atoms with van der Waals surface area (Å²) in [6.07, 6.45) is 0.952. The molecule has 40 valence electrons. The van der Waals surface area contributed by atoms with Crippen molar-refractivity contribution in [2.45, 2.75) is 0 Å². The van der Waals surface area contributed by atoms with Crippen LogP contribution in [0.3, 0.4) is 0 Å². The molecule has 0 aliphatic rings. The van der Waals surface area contributed by atoms with Gasteiger partial charge in [-0.1, -0.05) is 35.8 Å². The number of benzene rings is 1. The summed E-state index contributed by atoms with van der Waals surface area (Å²) >= 11 is 3.36. The molecule has 0 saturated carbocycles. The molecule has 0 nitrogen and oxygen atoms in total. The third-order valence-corrected chi connectivity index (χ3v) is 1.64. The van der Waals surface area contributed by atoms with Crippen LogP contribution in [0, 0.1) is 0 Å². The van der Waals surface area contributed by atoms with Crippen LogP contribution in [0.5, 0.6) is 0 Å². The van der Waals surface area contributed by atoms with Crippen molar-refractivity contribution in [3.63, 3.8) is 0 Å². The SMILES string of the molecule is BrBc1ccccc1. The van der Waals surface area contributed by atoms with Crippen LogP contribution < -0.4 is 5.46 Å². The summed E-state index contributed by atoms with van der Waals surface area (Å²) in [6.45, 7) is 0. The Bertz CT molecular complexity index is 150. The molecule has 0 fully saturated rings. The van der Waals surface area contributed by atoms with Gasteiger partial charge in [0, 0.05) is 0 Å². The zero-order valence-electron chi connectivity index (χ0n) is 4.47. The van der Waals surface area contributed by atoms with E-state index >= 15 is 0 Å². The summed E-state index contributed by atoms with van der Waals surface area (Å²) in [5.74, 6) is 0. The van der Waals surface area contributed by atoms with Gasteiger partial charge >= 0.3 is 0 Å². The second-order valence-corrected chi connectivity index (χ2v) is 2.18. The summed E-state index contributed by atoms with van der Waals surface area (Å²) in [6, 6.07) is 10.3. The average Bonchev–Trinajstić information content (AvgIpc) is 1.90. The zero-order chi connectivity index (χ0) is 5.82. The van der Waals surface area contributed by atoms with Gasteiger partial charge in [-0.25, -0.2) is 0 Å². The van der Waals surface area contributed by atoms with Crippen molar-refractivity contribution in [2.75, 3.05) is 0 Å². The molecule has 0 heterocycles. The lowest BCUT2D eigenvalue weighted by Crippen LogP contribution is -2.05. The van der Waals surface area contributed by atoms with Crippen molar-refractivity contribution in [3.05, 3.63) is 30.3 Å². The Balaban J connectivity index is 2.83. The molecule has 0 radical (unpaired) electrons. The molecule has 0 atom stereocenters. The van der Waals surface area contributed by atoms with Crippen molar-refractivity contribution in [3.8, 4) is 0 Å². The van der Waals surface area contributed by atoms with E-state index in [0.717, 1.165) is 6.10 Å². The molecule has 1 aromatic rings. The molecule has 2 heteroatoms. The van der Waals surface area contributed by atoms with Crippen molar-refractivity contribution < 1.29 is 0 Å². The first-order valence-electron chi connectivity index (χ1n) is 2.53. The molecule has 0 bridgehead atoms. The Labute approximate surface area is 58.1 Å². The summed E-state index contributed by atoms with van der Waals surface area (Å²) in [5.41, 5.74) is 1.33. The number of hydrogen-bond acceptors (Lipinski definition) is 0. The predicted octanol–water partition coefficient (Wildman–Crippen LogP) is 1.06. The van der Waals surface area contributed by atoms with Crippen LogP contribution in [0.4, 0.5) is 0 Å². The van der Waals surface area contributed by atoms with Gasteiger partial charge in [-0.05, 0) is 0 Å². The van der Waals surface area contributed by atoms with E-state index in [1.807, 2.05) is 18.2 Å². The van der Waals surface area contributed by atoms with Crippen molar-refractivity contribution >= 4 is 27.3 Å². The minimum absolute atomic E-state index is 0.952. The van der Waals surface area contributed by atoms with Gasteiger partial charge in [-0.2, -0.15) is 15.8 Å². The van der Waals surface area contributed by atoms with Crippen molar-refractivity contribution in [2.24, 2.45) is 0 Å². The molecule has 0 saturated heterocycles. The van der Waals surface area contributed by atoms with Gasteiger partial charge in [-0.15, -0.1) is 0 Å². The van der Waals surface area contributed by atoms with Gasteiger partial charge < -0.3 is 0 Å². The number of hydrogen-bond donors (Lipinski definition) is 0. The van der Waals surface area contributed by atoms with Crippen LogP contribution in [0.15, 0.2) is 30.3 Å². The molecule has 0 amide bonds. The van der Waals surface area contributed by atoms with Gasteiger partial charge in [-0.3, -0.25) is 0 Å². The van der Waals surface area contributed by atoms with Crippen LogP contribution in [0.1, 0.15) is 0 Å². The third kappa shape index (κ3) is 1.37. The van der Waals surface area contributed by atoms with Gasteiger partial charge in [0.25, 0.3) is 0 Å². The maximum Gasteiger partial charge on any atom is 0.237 e. The second kappa shape index (κ2) is 2.93. The molecule has 8 heavy (non-hydrogen) atoms. The monoisotopic (exact) mass is 168 g/mol. The fourth-order valence-electron chi connectivity index (χ4n) is 0.567. The predicted molar refractivity (Wildman–Crippen MR) is 42.2 cm³/mol. The second-order valence-electron chi connectivity index (χ2n) is 1.62. The molecule has 0 aromatic heterocycles. The highest BCUT2D eigenvalue weighted by molar-refractivity contribution is 9.23. The first kappa shape index (κ1) is 5.89. The van der Waals surface area contributed by atoms with E-state index in [1.54, 1.807) is 0 Å². The normalized spacial score (nSPS) is 8.62. The molecule has 0 N–H and O–H groups in total. The van der Waals surface area contributed by atoms with E-state index in [-0.39, 0.29) is 0 Å². The van der Waals surface area contributed by atoms with Crippen molar-refractivity contribution in [1.82, 2.24) is 0 Å². The lowest BCUT2D eigenvalue weighted by molar-refractivity contribution is 1.77. The smallest absolute Gasteiger partial charge is 0.155 e. The Morgan fingerprint density at radius 2 is 1.75 bits per heavy atom. The standard InChI is InChI=1S/C6H6BBr/c8-7-6-4-2-1-3-5-6/h1-5,7H. The van der Waals surface area contributed by atoms with Crippen LogP contribution in [-0.4, -0.2) is 6.10 Å². The summed E-state index contributed by atoms with van der Waals surface area (Å²) in [5, 5.41) is 0. The van der Waals surface area contributed by atoms with Crippen LogP contribution in [0.2, 0.25) is 0 Å². The largest absolute Gasteiger partial charge is 0.237 e. The molecule has 0 unspecified atom stereocenters. The van der Waals surface area contributed by atoms with Gasteiger partial charge in [0.2, 0.25) is 6.10 Å². The Morgan fingerprint density at radius 1 is 1.12 bits per heavy atom. The maximum atomic E-state index is 3.36. The van der Waals surface area contributed by atoms with Crippen LogP contribution in [-0.2, 0) is 0 Å². The Kier molecular flexibility index (Phi) is 2.16. The minimum atomic E-state index is 0.952. The topological polar surface area (TPSA) is 0 Å². The van der Waals surface area contributed by atoms with Gasteiger partial charge in [0.05, 0.1) is 0 Å². The fraction of sp³-hybridized carbons (Fsp3) is 0. The third-order valence-electron chi connectivity index (χ3n) is 0.997. The van der Waals surface area contributed by atoms with Gasteiger partial charge in [0.15, 0.2) is 0 Å². The molecule has 1 aromatic carbocycles. The van der Waals surface area contributed by atoms with Crippen molar-refractivity contribution in [1.29, 1.82) is 0 Å². The number of halogens is 1. The lowest BCUT2D eigenvalue weighted by Gasteiger charge is -1.86. The minimum Gasteiger partial charge on any atom is -0.155 e. The molecular weight excluding hydrogens is 163 g/mol.